The monoisotopic (exact) mass is 385 g/mol. The van der Waals surface area contributed by atoms with E-state index in [0.717, 1.165) is 32.2 Å². The Labute approximate surface area is 169 Å². The fourth-order valence-corrected chi connectivity index (χ4v) is 4.92. The Morgan fingerprint density at radius 1 is 1.25 bits per heavy atom. The predicted octanol–water partition coefficient (Wildman–Crippen LogP) is 2.83. The molecule has 154 valence electrons. The molecule has 2 N–H and O–H groups in total. The van der Waals surface area contributed by atoms with Gasteiger partial charge in [0.1, 0.15) is 6.04 Å². The fraction of sp³-hybridized carbons (Fsp3) is 0.652. The van der Waals surface area contributed by atoms with E-state index >= 15 is 0 Å². The lowest BCUT2D eigenvalue weighted by Gasteiger charge is -2.32. The average molecular weight is 386 g/mol. The van der Waals surface area contributed by atoms with Crippen molar-refractivity contribution in [1.82, 2.24) is 9.80 Å². The molecule has 2 aliphatic heterocycles. The number of benzene rings is 1. The molecule has 2 fully saturated rings. The quantitative estimate of drug-likeness (QED) is 0.785. The van der Waals surface area contributed by atoms with E-state index in [1.165, 1.54) is 5.56 Å². The summed E-state index contributed by atoms with van der Waals surface area (Å²) in [6.07, 6.45) is 4.48. The number of nitrogens with two attached hydrogens (primary N) is 1. The van der Waals surface area contributed by atoms with Gasteiger partial charge in [0.15, 0.2) is 0 Å². The molecule has 0 saturated carbocycles. The molecule has 0 aromatic heterocycles. The minimum atomic E-state index is -0.488. The van der Waals surface area contributed by atoms with Crippen molar-refractivity contribution >= 4 is 11.8 Å². The van der Waals surface area contributed by atoms with Crippen LogP contribution in [0.15, 0.2) is 30.3 Å². The number of carbonyl (C=O) groups excluding carboxylic acids is 2. The number of aryl methyl sites for hydroxylation is 1. The minimum Gasteiger partial charge on any atom is -0.368 e. The van der Waals surface area contributed by atoms with E-state index in [1.807, 2.05) is 6.07 Å². The van der Waals surface area contributed by atoms with Crippen LogP contribution in [0.1, 0.15) is 52.0 Å². The first-order valence-corrected chi connectivity index (χ1v) is 10.8. The molecule has 5 nitrogen and oxygen atoms in total. The van der Waals surface area contributed by atoms with Gasteiger partial charge in [-0.1, -0.05) is 51.1 Å². The van der Waals surface area contributed by atoms with Crippen LogP contribution in [-0.4, -0.2) is 52.8 Å². The van der Waals surface area contributed by atoms with Gasteiger partial charge in [-0.15, -0.1) is 0 Å². The molecule has 2 saturated heterocycles. The van der Waals surface area contributed by atoms with Crippen molar-refractivity contribution in [2.75, 3.05) is 13.1 Å². The highest BCUT2D eigenvalue weighted by Crippen LogP contribution is 2.33. The van der Waals surface area contributed by atoms with Crippen LogP contribution < -0.4 is 5.73 Å². The van der Waals surface area contributed by atoms with Gasteiger partial charge in [0, 0.05) is 19.1 Å². The molecule has 1 unspecified atom stereocenters. The molecule has 5 heteroatoms. The van der Waals surface area contributed by atoms with Gasteiger partial charge >= 0.3 is 0 Å². The van der Waals surface area contributed by atoms with Crippen LogP contribution in [0.25, 0.3) is 0 Å². The summed E-state index contributed by atoms with van der Waals surface area (Å²) in [5.74, 6) is 0.560. The van der Waals surface area contributed by atoms with Crippen LogP contribution in [0.5, 0.6) is 0 Å². The van der Waals surface area contributed by atoms with Crippen molar-refractivity contribution in [2.24, 2.45) is 17.6 Å². The van der Waals surface area contributed by atoms with Crippen molar-refractivity contribution in [3.8, 4) is 0 Å². The Kier molecular flexibility index (Phi) is 6.76. The number of hydrogen-bond donors (Lipinski definition) is 1. The zero-order valence-electron chi connectivity index (χ0n) is 17.5. The summed E-state index contributed by atoms with van der Waals surface area (Å²) in [5, 5.41) is 0. The zero-order valence-corrected chi connectivity index (χ0v) is 17.5. The van der Waals surface area contributed by atoms with Gasteiger partial charge in [-0.3, -0.25) is 14.5 Å². The fourth-order valence-electron chi connectivity index (χ4n) is 4.92. The molecule has 2 amide bonds. The smallest absolute Gasteiger partial charge is 0.240 e. The molecule has 1 aromatic carbocycles. The number of hydrogen-bond acceptors (Lipinski definition) is 3. The van der Waals surface area contributed by atoms with Gasteiger partial charge in [0.05, 0.1) is 6.04 Å². The van der Waals surface area contributed by atoms with Crippen LogP contribution in [0.4, 0.5) is 0 Å². The third-order valence-corrected chi connectivity index (χ3v) is 6.30. The van der Waals surface area contributed by atoms with Gasteiger partial charge < -0.3 is 10.6 Å². The highest BCUT2D eigenvalue weighted by Gasteiger charge is 2.45. The first-order chi connectivity index (χ1) is 13.4. The average Bonchev–Trinajstić information content (AvgIpc) is 2.99. The predicted molar refractivity (Wildman–Crippen MR) is 112 cm³/mol. The summed E-state index contributed by atoms with van der Waals surface area (Å²) in [5.41, 5.74) is 7.06. The summed E-state index contributed by atoms with van der Waals surface area (Å²) >= 11 is 0. The standard InChI is InChI=1S/C23H35N3O2/c1-16(2)13-20(22(24)27)25-12-11-19(10-9-18-7-5-4-6-8-18)26-15-17(3)14-21(26)23(25)28/h4-8,16-17,19-21H,9-15H2,1-3H3,(H2,24,27)/t17-,19?,20-,21+/m1/s1. The normalized spacial score (nSPS) is 26.9. The lowest BCUT2D eigenvalue weighted by atomic mass is 9.99. The molecule has 28 heavy (non-hydrogen) atoms. The van der Waals surface area contributed by atoms with E-state index in [9.17, 15) is 9.59 Å². The summed E-state index contributed by atoms with van der Waals surface area (Å²) in [7, 11) is 0. The topological polar surface area (TPSA) is 66.6 Å². The minimum absolute atomic E-state index is 0.104. The number of amides is 2. The second-order valence-electron chi connectivity index (χ2n) is 9.10. The van der Waals surface area contributed by atoms with Crippen molar-refractivity contribution in [3.63, 3.8) is 0 Å². The Hall–Kier alpha value is -1.88. The van der Waals surface area contributed by atoms with Gasteiger partial charge in [-0.05, 0) is 49.5 Å². The Morgan fingerprint density at radius 3 is 2.61 bits per heavy atom. The molecule has 3 rings (SSSR count). The number of nitrogens with zero attached hydrogens (tertiary/aromatic N) is 2. The number of carbonyl (C=O) groups is 2. The van der Waals surface area contributed by atoms with Crippen molar-refractivity contribution < 1.29 is 9.59 Å². The highest BCUT2D eigenvalue weighted by atomic mass is 16.2. The lowest BCUT2D eigenvalue weighted by Crippen LogP contribution is -2.52. The maximum absolute atomic E-state index is 13.4. The van der Waals surface area contributed by atoms with Gasteiger partial charge in [-0.2, -0.15) is 0 Å². The second-order valence-corrected chi connectivity index (χ2v) is 9.10. The molecule has 0 spiro atoms. The van der Waals surface area contributed by atoms with Crippen LogP contribution >= 0.6 is 0 Å². The molecule has 0 bridgehead atoms. The van der Waals surface area contributed by atoms with E-state index in [1.54, 1.807) is 4.90 Å². The molecule has 2 aliphatic rings. The summed E-state index contributed by atoms with van der Waals surface area (Å²) < 4.78 is 0. The Bertz CT molecular complexity index is 676. The summed E-state index contributed by atoms with van der Waals surface area (Å²) in [6.45, 7) is 7.96. The first-order valence-electron chi connectivity index (χ1n) is 10.8. The number of fused-ring (bicyclic) bond motifs is 1. The third kappa shape index (κ3) is 4.75. The van der Waals surface area contributed by atoms with Crippen LogP contribution in [0.3, 0.4) is 0 Å². The Morgan fingerprint density at radius 2 is 1.96 bits per heavy atom. The first kappa shape index (κ1) is 20.8. The van der Waals surface area contributed by atoms with Gasteiger partial charge in [-0.25, -0.2) is 0 Å². The maximum atomic E-state index is 13.4. The van der Waals surface area contributed by atoms with Crippen molar-refractivity contribution in [1.29, 1.82) is 0 Å². The van der Waals surface area contributed by atoms with Crippen molar-refractivity contribution in [2.45, 2.75) is 71.0 Å². The van der Waals surface area contributed by atoms with E-state index in [2.05, 4.69) is 49.9 Å². The van der Waals surface area contributed by atoms with E-state index in [-0.39, 0.29) is 17.9 Å². The van der Waals surface area contributed by atoms with E-state index in [4.69, 9.17) is 5.73 Å². The molecule has 1 aromatic rings. The van der Waals surface area contributed by atoms with Crippen LogP contribution in [0.2, 0.25) is 0 Å². The SMILES string of the molecule is CC(C)C[C@H](C(N)=O)N1CCC(CCc2ccccc2)N2C[C@H](C)C[C@H]2C1=O. The van der Waals surface area contributed by atoms with Gasteiger partial charge in [0.2, 0.25) is 11.8 Å². The van der Waals surface area contributed by atoms with Gasteiger partial charge in [0.25, 0.3) is 0 Å². The maximum Gasteiger partial charge on any atom is 0.240 e. The van der Waals surface area contributed by atoms with Crippen molar-refractivity contribution in [3.05, 3.63) is 35.9 Å². The number of rotatable bonds is 7. The third-order valence-electron chi connectivity index (χ3n) is 6.30. The van der Waals surface area contributed by atoms with Crippen LogP contribution in [0, 0.1) is 11.8 Å². The zero-order chi connectivity index (χ0) is 20.3. The summed E-state index contributed by atoms with van der Waals surface area (Å²) in [6, 6.07) is 10.3. The molecule has 4 atom stereocenters. The number of primary amides is 1. The largest absolute Gasteiger partial charge is 0.368 e. The summed E-state index contributed by atoms with van der Waals surface area (Å²) in [4.78, 5) is 29.8. The highest BCUT2D eigenvalue weighted by molar-refractivity contribution is 5.89. The molecule has 0 aliphatic carbocycles. The second kappa shape index (κ2) is 9.08. The molecule has 0 radical (unpaired) electrons. The molecular weight excluding hydrogens is 350 g/mol. The van der Waals surface area contributed by atoms with Crippen LogP contribution in [-0.2, 0) is 16.0 Å². The molecule has 2 heterocycles. The molecular formula is C23H35N3O2. The Balaban J connectivity index is 1.78. The van der Waals surface area contributed by atoms with E-state index in [0.29, 0.717) is 30.8 Å². The lowest BCUT2D eigenvalue weighted by molar-refractivity contribution is -0.142. The van der Waals surface area contributed by atoms with E-state index < -0.39 is 6.04 Å².